The Kier molecular flexibility index (Phi) is 34.6. The molecular weight excluding hydrogens is 721 g/mol. The van der Waals surface area contributed by atoms with Crippen molar-refractivity contribution in [2.45, 2.75) is 260 Å². The van der Waals surface area contributed by atoms with E-state index < -0.39 is 17.6 Å². The van der Waals surface area contributed by atoms with Crippen molar-refractivity contribution >= 4 is 39.2 Å². The first-order valence-corrected chi connectivity index (χ1v) is 28.4. The van der Waals surface area contributed by atoms with Gasteiger partial charge in [-0.1, -0.05) is 124 Å². The molecule has 0 atom stereocenters. The van der Waals surface area contributed by atoms with Crippen LogP contribution in [0.5, 0.6) is 0 Å². The predicted octanol–water partition coefficient (Wildman–Crippen LogP) is 14.6. The fourth-order valence-corrected chi connectivity index (χ4v) is 15.6. The van der Waals surface area contributed by atoms with Crippen molar-refractivity contribution in [1.29, 1.82) is 0 Å². The molecule has 0 aliphatic heterocycles. The molecule has 0 unspecified atom stereocenters. The molecule has 314 valence electrons. The van der Waals surface area contributed by atoms with Crippen LogP contribution in [0.1, 0.15) is 212 Å². The second-order valence-electron chi connectivity index (χ2n) is 16.6. The molecule has 0 saturated heterocycles. The smallest absolute Gasteiger partial charge is 0.371 e. The minimum Gasteiger partial charge on any atom is -0.371 e. The summed E-state index contributed by atoms with van der Waals surface area (Å²) in [6.07, 6.45) is 27.6. The summed E-state index contributed by atoms with van der Waals surface area (Å²) in [6, 6.07) is 1.87. The van der Waals surface area contributed by atoms with E-state index in [4.69, 9.17) is 26.6 Å². The Bertz CT molecular complexity index is 658. The van der Waals surface area contributed by atoms with Crippen LogP contribution in [-0.2, 0) is 26.6 Å². The molecule has 6 nitrogen and oxygen atoms in total. The van der Waals surface area contributed by atoms with Crippen LogP contribution in [-0.4, -0.2) is 65.7 Å². The van der Waals surface area contributed by atoms with Crippen molar-refractivity contribution in [3.8, 4) is 0 Å². The average Bonchev–Trinajstić information content (AvgIpc) is 3.00. The summed E-state index contributed by atoms with van der Waals surface area (Å²) in [4.78, 5) is 0. The van der Waals surface area contributed by atoms with Gasteiger partial charge in [-0.15, -0.1) is 0 Å². The molecule has 0 amide bonds. The lowest BCUT2D eigenvalue weighted by Crippen LogP contribution is -2.50. The minimum atomic E-state index is -2.63. The SMILES string of the molecule is CC(C)O[Si](CCCCCCCCCCCCSSCCCCCCCCCCCC[Si](OC(C)C)(OC(C)C)OC(C)C)(OC(C)C)OC(C)C. The molecule has 10 heteroatoms. The Balaban J connectivity index is 3.65. The summed E-state index contributed by atoms with van der Waals surface area (Å²) >= 11 is 0. The van der Waals surface area contributed by atoms with Gasteiger partial charge < -0.3 is 26.6 Å². The molecule has 0 radical (unpaired) electrons. The molecule has 0 rings (SSSR count). The molecule has 0 N–H and O–H groups in total. The Hall–Kier alpha value is 0.894. The van der Waals surface area contributed by atoms with Gasteiger partial charge in [-0.25, -0.2) is 0 Å². The van der Waals surface area contributed by atoms with Crippen LogP contribution in [0.25, 0.3) is 0 Å². The van der Waals surface area contributed by atoms with Crippen LogP contribution in [0.15, 0.2) is 0 Å². The lowest BCUT2D eigenvalue weighted by atomic mass is 10.1. The highest BCUT2D eigenvalue weighted by atomic mass is 33.1. The number of hydrogen-bond donors (Lipinski definition) is 0. The fraction of sp³-hybridized carbons (Fsp3) is 1.00. The van der Waals surface area contributed by atoms with Crippen LogP contribution >= 0.6 is 21.6 Å². The van der Waals surface area contributed by atoms with E-state index in [1.54, 1.807) is 0 Å². The molecule has 0 heterocycles. The van der Waals surface area contributed by atoms with E-state index in [2.05, 4.69) is 105 Å². The van der Waals surface area contributed by atoms with Crippen molar-refractivity contribution in [3.05, 3.63) is 0 Å². The molecule has 0 aromatic heterocycles. The maximum Gasteiger partial charge on any atom is 0.501 e. The first kappa shape index (κ1) is 52.9. The summed E-state index contributed by atoms with van der Waals surface area (Å²) in [7, 11) is -1.04. The average molecular weight is 811 g/mol. The topological polar surface area (TPSA) is 55.4 Å². The molecule has 0 spiro atoms. The second-order valence-corrected chi connectivity index (χ2v) is 24.4. The summed E-state index contributed by atoms with van der Waals surface area (Å²) in [5, 5.41) is 0. The largest absolute Gasteiger partial charge is 0.501 e. The van der Waals surface area contributed by atoms with Crippen LogP contribution in [0.2, 0.25) is 12.1 Å². The second kappa shape index (κ2) is 34.0. The van der Waals surface area contributed by atoms with Gasteiger partial charge in [-0.2, -0.15) is 0 Å². The number of hydrogen-bond acceptors (Lipinski definition) is 8. The Morgan fingerprint density at radius 1 is 0.269 bits per heavy atom. The Morgan fingerprint density at radius 3 is 0.635 bits per heavy atom. The molecule has 0 fully saturated rings. The quantitative estimate of drug-likeness (QED) is 0.0346. The highest BCUT2D eigenvalue weighted by Gasteiger charge is 2.44. The van der Waals surface area contributed by atoms with Crippen molar-refractivity contribution in [1.82, 2.24) is 0 Å². The van der Waals surface area contributed by atoms with E-state index in [9.17, 15) is 0 Å². The van der Waals surface area contributed by atoms with Gasteiger partial charge in [0.15, 0.2) is 0 Å². The molecule has 0 aliphatic rings. The lowest BCUT2D eigenvalue weighted by Gasteiger charge is -2.34. The van der Waals surface area contributed by atoms with Crippen molar-refractivity contribution < 1.29 is 26.6 Å². The monoisotopic (exact) mass is 811 g/mol. The third-order valence-electron chi connectivity index (χ3n) is 8.50. The summed E-state index contributed by atoms with van der Waals surface area (Å²) < 4.78 is 37.9. The maximum absolute atomic E-state index is 6.32. The van der Waals surface area contributed by atoms with Crippen LogP contribution in [0, 0.1) is 0 Å². The van der Waals surface area contributed by atoms with Crippen LogP contribution in [0.4, 0.5) is 0 Å². The van der Waals surface area contributed by atoms with Crippen LogP contribution < -0.4 is 0 Å². The van der Waals surface area contributed by atoms with Gasteiger partial charge in [0, 0.05) is 60.2 Å². The van der Waals surface area contributed by atoms with E-state index in [0.717, 1.165) is 24.9 Å². The molecular formula is C42H90O6S2Si2. The van der Waals surface area contributed by atoms with Crippen molar-refractivity contribution in [3.63, 3.8) is 0 Å². The van der Waals surface area contributed by atoms with E-state index in [1.165, 1.54) is 127 Å². The first-order chi connectivity index (χ1) is 24.7. The van der Waals surface area contributed by atoms with Gasteiger partial charge in [0.25, 0.3) is 0 Å². The van der Waals surface area contributed by atoms with Gasteiger partial charge in [0.1, 0.15) is 0 Å². The van der Waals surface area contributed by atoms with Crippen molar-refractivity contribution in [2.24, 2.45) is 0 Å². The highest BCUT2D eigenvalue weighted by Crippen LogP contribution is 2.28. The summed E-state index contributed by atoms with van der Waals surface area (Å²) in [5.41, 5.74) is 0. The summed E-state index contributed by atoms with van der Waals surface area (Å²) in [6.45, 7) is 25.1. The Morgan fingerprint density at radius 2 is 0.442 bits per heavy atom. The zero-order chi connectivity index (χ0) is 39.1. The normalized spacial score (nSPS) is 13.0. The third kappa shape index (κ3) is 33.1. The fourth-order valence-electron chi connectivity index (χ4n) is 6.63. The summed E-state index contributed by atoms with van der Waals surface area (Å²) in [5.74, 6) is 2.64. The molecule has 0 aromatic rings. The van der Waals surface area contributed by atoms with Gasteiger partial charge >= 0.3 is 17.6 Å². The van der Waals surface area contributed by atoms with Crippen LogP contribution in [0.3, 0.4) is 0 Å². The van der Waals surface area contributed by atoms with E-state index in [0.29, 0.717) is 0 Å². The lowest BCUT2D eigenvalue weighted by molar-refractivity contribution is 0.00161. The van der Waals surface area contributed by atoms with Gasteiger partial charge in [0.2, 0.25) is 0 Å². The first-order valence-electron chi connectivity index (χ1n) is 22.0. The molecule has 0 saturated carbocycles. The minimum absolute atomic E-state index is 0.131. The molecule has 0 aromatic carbocycles. The van der Waals surface area contributed by atoms with E-state index >= 15 is 0 Å². The molecule has 52 heavy (non-hydrogen) atoms. The maximum atomic E-state index is 6.32. The van der Waals surface area contributed by atoms with Gasteiger partial charge in [-0.3, -0.25) is 0 Å². The zero-order valence-corrected chi connectivity index (χ0v) is 40.3. The molecule has 0 bridgehead atoms. The predicted molar refractivity (Wildman–Crippen MR) is 236 cm³/mol. The number of rotatable bonds is 39. The van der Waals surface area contributed by atoms with Gasteiger partial charge in [-0.05, 0) is 109 Å². The standard InChI is InChI=1S/C42H90O6S2Si2/c1-37(2)43-51(44-38(3)4,45-39(5)6)35-31-27-23-19-15-13-17-21-25-29-33-49-50-34-30-26-22-18-14-16-20-24-28-32-36-52(46-40(7)8,47-41(9)10)48-42(11)12/h37-42H,13-36H2,1-12H3. The van der Waals surface area contributed by atoms with Crippen molar-refractivity contribution in [2.75, 3.05) is 11.5 Å². The number of unbranched alkanes of at least 4 members (excludes halogenated alkanes) is 18. The van der Waals surface area contributed by atoms with E-state index in [1.807, 2.05) is 0 Å². The highest BCUT2D eigenvalue weighted by molar-refractivity contribution is 8.76. The third-order valence-corrected chi connectivity index (χ3v) is 18.0. The Labute approximate surface area is 336 Å². The zero-order valence-electron chi connectivity index (χ0n) is 36.7. The van der Waals surface area contributed by atoms with E-state index in [-0.39, 0.29) is 36.6 Å². The van der Waals surface area contributed by atoms with Gasteiger partial charge in [0.05, 0.1) is 0 Å². The molecule has 0 aliphatic carbocycles.